The van der Waals surface area contributed by atoms with E-state index in [1.807, 2.05) is 6.92 Å². The number of nitrogens with zero attached hydrogens (tertiary/aromatic N) is 2. The van der Waals surface area contributed by atoms with Crippen LogP contribution in [0.3, 0.4) is 0 Å². The lowest BCUT2D eigenvalue weighted by molar-refractivity contribution is -0.389. The van der Waals surface area contributed by atoms with Crippen LogP contribution in [0.25, 0.3) is 0 Å². The second-order valence-corrected chi connectivity index (χ2v) is 4.85. The summed E-state index contributed by atoms with van der Waals surface area (Å²) in [5.74, 6) is -0.367. The summed E-state index contributed by atoms with van der Waals surface area (Å²) in [5, 5.41) is 23.2. The van der Waals surface area contributed by atoms with E-state index in [-0.39, 0.29) is 22.3 Å². The Bertz CT molecular complexity index is 499. The Labute approximate surface area is 112 Å². The summed E-state index contributed by atoms with van der Waals surface area (Å²) in [6.07, 6.45) is 2.78. The van der Waals surface area contributed by atoms with Gasteiger partial charge in [0.2, 0.25) is 5.91 Å². The number of anilines is 1. The number of nitro groups is 2. The average molecular weight is 287 g/mol. The van der Waals surface area contributed by atoms with Crippen molar-refractivity contribution in [3.8, 4) is 0 Å². The number of thiophene rings is 1. The Hall–Kier alpha value is -2.03. The smallest absolute Gasteiger partial charge is 0.312 e. The molecule has 0 radical (unpaired) electrons. The molecule has 8 nitrogen and oxygen atoms in total. The second-order valence-electron chi connectivity index (χ2n) is 3.82. The topological polar surface area (TPSA) is 115 Å². The molecule has 0 unspecified atom stereocenters. The van der Waals surface area contributed by atoms with Gasteiger partial charge in [0.25, 0.3) is 0 Å². The third-order valence-electron chi connectivity index (χ3n) is 2.34. The highest BCUT2D eigenvalue weighted by molar-refractivity contribution is 7.20. The van der Waals surface area contributed by atoms with E-state index in [0.717, 1.165) is 18.9 Å². The first-order chi connectivity index (χ1) is 8.95. The number of nitrogens with one attached hydrogen (secondary N) is 1. The van der Waals surface area contributed by atoms with E-state index < -0.39 is 15.5 Å². The normalized spacial score (nSPS) is 10.2. The maximum Gasteiger partial charge on any atom is 0.333 e. The second kappa shape index (κ2) is 6.78. The summed E-state index contributed by atoms with van der Waals surface area (Å²) in [6.45, 7) is 1.99. The predicted molar refractivity (Wildman–Crippen MR) is 70.4 cm³/mol. The van der Waals surface area contributed by atoms with E-state index in [1.54, 1.807) is 0 Å². The number of carbonyl (C=O) groups is 1. The first-order valence-corrected chi connectivity index (χ1v) is 6.49. The van der Waals surface area contributed by atoms with Crippen molar-refractivity contribution in [1.82, 2.24) is 0 Å². The van der Waals surface area contributed by atoms with Crippen molar-refractivity contribution < 1.29 is 14.6 Å². The van der Waals surface area contributed by atoms with Gasteiger partial charge in [-0.15, -0.1) is 0 Å². The molecule has 19 heavy (non-hydrogen) atoms. The number of hydrogen-bond acceptors (Lipinski definition) is 6. The van der Waals surface area contributed by atoms with Crippen LogP contribution in [0.2, 0.25) is 0 Å². The molecule has 104 valence electrons. The summed E-state index contributed by atoms with van der Waals surface area (Å²) in [5.41, 5.74) is -0.444. The van der Waals surface area contributed by atoms with E-state index in [0.29, 0.717) is 17.8 Å². The lowest BCUT2D eigenvalue weighted by Crippen LogP contribution is -2.10. The lowest BCUT2D eigenvalue weighted by Gasteiger charge is -2.01. The molecule has 1 aromatic rings. The molecule has 1 aromatic heterocycles. The molecule has 0 aliphatic rings. The molecular weight excluding hydrogens is 274 g/mol. The molecule has 1 N–H and O–H groups in total. The summed E-state index contributed by atoms with van der Waals surface area (Å²) in [4.78, 5) is 31.4. The minimum absolute atomic E-state index is 0.0850. The summed E-state index contributed by atoms with van der Waals surface area (Å²) in [6, 6.07) is 0.853. The van der Waals surface area contributed by atoms with Gasteiger partial charge in [-0.05, 0) is 17.8 Å². The molecule has 0 aliphatic carbocycles. The molecule has 0 spiro atoms. The Morgan fingerprint density at radius 1 is 1.32 bits per heavy atom. The fraction of sp³-hybridized carbons (Fsp3) is 0.500. The van der Waals surface area contributed by atoms with Gasteiger partial charge in [-0.25, -0.2) is 0 Å². The van der Waals surface area contributed by atoms with Crippen molar-refractivity contribution in [3.05, 3.63) is 26.3 Å². The lowest BCUT2D eigenvalue weighted by atomic mass is 10.2. The van der Waals surface area contributed by atoms with Crippen LogP contribution in [0.1, 0.15) is 32.6 Å². The maximum atomic E-state index is 11.5. The Balaban J connectivity index is 2.78. The van der Waals surface area contributed by atoms with Crippen LogP contribution in [0, 0.1) is 20.2 Å². The van der Waals surface area contributed by atoms with Crippen molar-refractivity contribution in [3.63, 3.8) is 0 Å². The molecule has 0 bridgehead atoms. The van der Waals surface area contributed by atoms with Crippen LogP contribution in [-0.4, -0.2) is 15.8 Å². The van der Waals surface area contributed by atoms with E-state index >= 15 is 0 Å². The number of carbonyl (C=O) groups excluding carboxylic acids is 1. The molecule has 0 saturated carbocycles. The van der Waals surface area contributed by atoms with Gasteiger partial charge in [0, 0.05) is 6.42 Å². The molecule has 0 aromatic carbocycles. The van der Waals surface area contributed by atoms with Crippen molar-refractivity contribution >= 4 is 32.9 Å². The third-order valence-corrected chi connectivity index (χ3v) is 3.33. The number of hydrogen-bond donors (Lipinski definition) is 1. The largest absolute Gasteiger partial charge is 0.333 e. The quantitative estimate of drug-likeness (QED) is 0.470. The molecule has 9 heteroatoms. The molecule has 0 aliphatic heterocycles. The average Bonchev–Trinajstić information content (AvgIpc) is 2.73. The molecule has 1 rings (SSSR count). The minimum atomic E-state index is -0.745. The highest BCUT2D eigenvalue weighted by Crippen LogP contribution is 2.39. The van der Waals surface area contributed by atoms with Crippen LogP contribution in [0.5, 0.6) is 0 Å². The zero-order valence-electron chi connectivity index (χ0n) is 10.2. The number of unbranched alkanes of at least 4 members (excludes halogenated alkanes) is 2. The Morgan fingerprint density at radius 2 is 2.00 bits per heavy atom. The van der Waals surface area contributed by atoms with Crippen LogP contribution >= 0.6 is 11.3 Å². The van der Waals surface area contributed by atoms with Gasteiger partial charge >= 0.3 is 10.7 Å². The van der Waals surface area contributed by atoms with Crippen molar-refractivity contribution in [2.45, 2.75) is 32.6 Å². The van der Waals surface area contributed by atoms with Gasteiger partial charge in [-0.3, -0.25) is 25.0 Å². The highest BCUT2D eigenvalue weighted by Gasteiger charge is 2.25. The maximum absolute atomic E-state index is 11.5. The zero-order chi connectivity index (χ0) is 14.4. The first kappa shape index (κ1) is 15.0. The van der Waals surface area contributed by atoms with Crippen molar-refractivity contribution in [1.29, 1.82) is 0 Å². The van der Waals surface area contributed by atoms with Gasteiger partial charge in [-0.1, -0.05) is 19.8 Å². The number of amides is 1. The zero-order valence-corrected chi connectivity index (χ0v) is 11.1. The van der Waals surface area contributed by atoms with Gasteiger partial charge < -0.3 is 5.32 Å². The standard InChI is InChI=1S/C10H13N3O5S/c1-2-3-4-5-8(14)11-10-7(12(15)16)6-9(19-10)13(17)18/h6H,2-5H2,1H3,(H,11,14). The monoisotopic (exact) mass is 287 g/mol. The number of rotatable bonds is 7. The van der Waals surface area contributed by atoms with Gasteiger partial charge in [0.05, 0.1) is 9.85 Å². The van der Waals surface area contributed by atoms with E-state index in [4.69, 9.17) is 0 Å². The van der Waals surface area contributed by atoms with E-state index in [2.05, 4.69) is 5.32 Å². The van der Waals surface area contributed by atoms with Gasteiger partial charge in [-0.2, -0.15) is 0 Å². The first-order valence-electron chi connectivity index (χ1n) is 5.68. The molecule has 1 heterocycles. The van der Waals surface area contributed by atoms with Crippen LogP contribution < -0.4 is 5.32 Å². The van der Waals surface area contributed by atoms with Gasteiger partial charge in [0.1, 0.15) is 6.07 Å². The van der Waals surface area contributed by atoms with Crippen LogP contribution in [0.4, 0.5) is 15.7 Å². The van der Waals surface area contributed by atoms with Crippen LogP contribution in [0.15, 0.2) is 6.07 Å². The summed E-state index contributed by atoms with van der Waals surface area (Å²) in [7, 11) is 0. The predicted octanol–water partition coefficient (Wildman–Crippen LogP) is 3.08. The Morgan fingerprint density at radius 3 is 2.53 bits per heavy atom. The molecule has 0 fully saturated rings. The van der Waals surface area contributed by atoms with E-state index in [1.165, 1.54) is 0 Å². The van der Waals surface area contributed by atoms with Crippen LogP contribution in [-0.2, 0) is 4.79 Å². The fourth-order valence-corrected chi connectivity index (χ4v) is 2.27. The Kier molecular flexibility index (Phi) is 5.37. The summed E-state index contributed by atoms with van der Waals surface area (Å²) < 4.78 is 0. The fourth-order valence-electron chi connectivity index (χ4n) is 1.41. The third kappa shape index (κ3) is 4.28. The van der Waals surface area contributed by atoms with Crippen molar-refractivity contribution in [2.24, 2.45) is 0 Å². The molecule has 1 amide bonds. The molecular formula is C10H13N3O5S. The van der Waals surface area contributed by atoms with E-state index in [9.17, 15) is 25.0 Å². The highest BCUT2D eigenvalue weighted by atomic mass is 32.1. The minimum Gasteiger partial charge on any atom is -0.312 e. The SMILES string of the molecule is CCCCCC(=O)Nc1sc([N+](=O)[O-])cc1[N+](=O)[O-]. The molecule has 0 atom stereocenters. The molecule has 0 saturated heterocycles. The van der Waals surface area contributed by atoms with Crippen molar-refractivity contribution in [2.75, 3.05) is 5.32 Å². The van der Waals surface area contributed by atoms with Gasteiger partial charge in [0.15, 0.2) is 5.00 Å². The summed E-state index contributed by atoms with van der Waals surface area (Å²) >= 11 is 0.591.